The molecule has 0 aromatic rings. The van der Waals surface area contributed by atoms with Crippen LogP contribution in [0.2, 0.25) is 0 Å². The van der Waals surface area contributed by atoms with Crippen molar-refractivity contribution < 1.29 is 40.5 Å². The molecule has 0 aliphatic rings. The van der Waals surface area contributed by atoms with Gasteiger partial charge in [-0.05, 0) is 0 Å². The van der Waals surface area contributed by atoms with Crippen LogP contribution in [-0.2, 0) is 0 Å². The van der Waals surface area contributed by atoms with Crippen LogP contribution in [0.1, 0.15) is 0 Å². The van der Waals surface area contributed by atoms with Crippen LogP contribution in [0.4, 0.5) is 0 Å². The Morgan fingerprint density at radius 3 is 0.750 bits per heavy atom. The molecule has 0 fully saturated rings. The zero-order chi connectivity index (χ0) is 0. The quantitative estimate of drug-likeness (QED) is 0.372. The number of rotatable bonds is 0. The second-order valence-corrected chi connectivity index (χ2v) is 0. The minimum Gasteiger partial charge on any atom is -0.870 e. The van der Waals surface area contributed by atoms with E-state index in [0.29, 0.717) is 0 Å². The first kappa shape index (κ1) is 31.5. The van der Waals surface area contributed by atoms with Crippen LogP contribution in [0.5, 0.6) is 0 Å². The van der Waals surface area contributed by atoms with Crippen molar-refractivity contribution in [3.63, 3.8) is 0 Å². The first-order valence-electron chi connectivity index (χ1n) is 0. The van der Waals surface area contributed by atoms with E-state index in [9.17, 15) is 0 Å². The van der Waals surface area contributed by atoms with Gasteiger partial charge < -0.3 is 11.0 Å². The van der Waals surface area contributed by atoms with Crippen molar-refractivity contribution in [2.24, 2.45) is 0 Å². The Bertz CT molecular complexity index is 6.00. The molecule has 2 nitrogen and oxygen atoms in total. The Hall–Kier alpha value is 2.49. The standard InChI is InChI=1S/Ba.Na.2H2O/h;;2*1H2/q+2;+1;;/p-2. The Kier molecular flexibility index (Phi) is 141. The van der Waals surface area contributed by atoms with Crippen molar-refractivity contribution in [2.75, 3.05) is 0 Å². The van der Waals surface area contributed by atoms with Gasteiger partial charge in [-0.1, -0.05) is 0 Å². The fraction of sp³-hybridized carbons (Fsp3) is 0. The van der Waals surface area contributed by atoms with Gasteiger partial charge in [0.05, 0.1) is 0 Å². The first-order chi connectivity index (χ1) is 0. The molecule has 0 spiro atoms. The molecule has 0 aliphatic carbocycles. The third-order valence-corrected chi connectivity index (χ3v) is 0. The van der Waals surface area contributed by atoms with E-state index in [4.69, 9.17) is 0 Å². The summed E-state index contributed by atoms with van der Waals surface area (Å²) in [4.78, 5) is 0. The van der Waals surface area contributed by atoms with Crippen LogP contribution in [0, 0.1) is 0 Å². The average Bonchev–Trinajstić information content (AvgIpc) is 0. The zero-order valence-electron chi connectivity index (χ0n) is 2.60. The van der Waals surface area contributed by atoms with E-state index >= 15 is 0 Å². The van der Waals surface area contributed by atoms with E-state index in [0.717, 1.165) is 0 Å². The van der Waals surface area contributed by atoms with Crippen LogP contribution in [0.25, 0.3) is 0 Å². The molecule has 16 valence electrons. The summed E-state index contributed by atoms with van der Waals surface area (Å²) in [6.07, 6.45) is 0. The summed E-state index contributed by atoms with van der Waals surface area (Å²) in [5, 5.41) is 0. The van der Waals surface area contributed by atoms with Crippen LogP contribution < -0.4 is 29.6 Å². The minimum absolute atomic E-state index is 0. The summed E-state index contributed by atoms with van der Waals surface area (Å²) >= 11 is 0. The van der Waals surface area contributed by atoms with Gasteiger partial charge in [0.15, 0.2) is 0 Å². The average molecular weight is 194 g/mol. The fourth-order valence-electron chi connectivity index (χ4n) is 0. The van der Waals surface area contributed by atoms with Gasteiger partial charge in [-0.25, -0.2) is 0 Å². The Balaban J connectivity index is 0. The van der Waals surface area contributed by atoms with E-state index in [-0.39, 0.29) is 89.4 Å². The van der Waals surface area contributed by atoms with Crippen molar-refractivity contribution in [3.05, 3.63) is 0 Å². The van der Waals surface area contributed by atoms with Crippen molar-refractivity contribution in [1.29, 1.82) is 0 Å². The molecule has 0 aromatic carbocycles. The predicted octanol–water partition coefficient (Wildman–Crippen LogP) is -3.73. The van der Waals surface area contributed by atoms with Gasteiger partial charge in [0.1, 0.15) is 0 Å². The first-order valence-corrected chi connectivity index (χ1v) is 0. The van der Waals surface area contributed by atoms with Crippen LogP contribution >= 0.6 is 0 Å². The Labute approximate surface area is 87.3 Å². The van der Waals surface area contributed by atoms with Gasteiger partial charge in [0, 0.05) is 0 Å². The summed E-state index contributed by atoms with van der Waals surface area (Å²) in [6.45, 7) is 0. The van der Waals surface area contributed by atoms with Gasteiger partial charge in [0.2, 0.25) is 0 Å². The van der Waals surface area contributed by atoms with Gasteiger partial charge in [-0.3, -0.25) is 0 Å². The summed E-state index contributed by atoms with van der Waals surface area (Å²) in [7, 11) is 0. The molecule has 0 bridgehead atoms. The maximum Gasteiger partial charge on any atom is 2.00 e. The molecule has 0 saturated heterocycles. The molecular weight excluding hydrogens is 192 g/mol. The van der Waals surface area contributed by atoms with Crippen molar-refractivity contribution in [2.45, 2.75) is 0 Å². The molecule has 0 unspecified atom stereocenters. The second-order valence-electron chi connectivity index (χ2n) is 0. The van der Waals surface area contributed by atoms with Crippen molar-refractivity contribution in [1.82, 2.24) is 0 Å². The summed E-state index contributed by atoms with van der Waals surface area (Å²) in [5.74, 6) is 0. The van der Waals surface area contributed by atoms with Crippen molar-refractivity contribution in [3.8, 4) is 0 Å². The Morgan fingerprint density at radius 1 is 0.750 bits per heavy atom. The second kappa shape index (κ2) is 17.8. The maximum atomic E-state index is 0. The SMILES string of the molecule is [Ba+2].[Na+].[OH-].[OH-]. The third kappa shape index (κ3) is 8.82. The molecule has 4 heavy (non-hydrogen) atoms. The van der Waals surface area contributed by atoms with Gasteiger partial charge >= 0.3 is 78.4 Å². The molecule has 4 heteroatoms. The molecule has 0 aromatic heterocycles. The normalized spacial score (nSPS) is 0. The summed E-state index contributed by atoms with van der Waals surface area (Å²) < 4.78 is 0. The van der Waals surface area contributed by atoms with Gasteiger partial charge in [0.25, 0.3) is 0 Å². The topological polar surface area (TPSA) is 60.0 Å². The molecule has 0 amide bonds. The summed E-state index contributed by atoms with van der Waals surface area (Å²) in [6, 6.07) is 0. The van der Waals surface area contributed by atoms with E-state index in [2.05, 4.69) is 0 Å². The molecule has 0 aliphatic heterocycles. The molecule has 2 N–H and O–H groups in total. The van der Waals surface area contributed by atoms with E-state index < -0.39 is 0 Å². The van der Waals surface area contributed by atoms with Crippen LogP contribution in [-0.4, -0.2) is 59.8 Å². The molecule has 0 radical (unpaired) electrons. The van der Waals surface area contributed by atoms with Gasteiger partial charge in [-0.2, -0.15) is 0 Å². The predicted molar refractivity (Wildman–Crippen MR) is 9.63 cm³/mol. The molecule has 0 saturated carbocycles. The molecule has 0 rings (SSSR count). The smallest absolute Gasteiger partial charge is 0.870 e. The zero-order valence-corrected chi connectivity index (χ0v) is 9.04. The Morgan fingerprint density at radius 2 is 0.750 bits per heavy atom. The number of hydrogen-bond acceptors (Lipinski definition) is 2. The largest absolute Gasteiger partial charge is 2.00 e. The maximum absolute atomic E-state index is 0. The summed E-state index contributed by atoms with van der Waals surface area (Å²) in [5.41, 5.74) is 0. The molecule has 0 heterocycles. The van der Waals surface area contributed by atoms with Gasteiger partial charge in [-0.15, -0.1) is 0 Å². The molecule has 0 atom stereocenters. The van der Waals surface area contributed by atoms with Crippen molar-refractivity contribution >= 4 is 48.9 Å². The molecular formula is H2BaNaO2+. The number of hydrogen-bond donors (Lipinski definition) is 0. The minimum atomic E-state index is 0. The van der Waals surface area contributed by atoms with E-state index in [1.165, 1.54) is 0 Å². The monoisotopic (exact) mass is 195 g/mol. The van der Waals surface area contributed by atoms with E-state index in [1.54, 1.807) is 0 Å². The third-order valence-electron chi connectivity index (χ3n) is 0. The van der Waals surface area contributed by atoms with E-state index in [1.807, 2.05) is 0 Å². The van der Waals surface area contributed by atoms with Crippen LogP contribution in [0.3, 0.4) is 0 Å². The fourth-order valence-corrected chi connectivity index (χ4v) is 0. The van der Waals surface area contributed by atoms with Crippen LogP contribution in [0.15, 0.2) is 0 Å².